The Hall–Kier alpha value is -2.23. The third-order valence-corrected chi connectivity index (χ3v) is 8.62. The minimum Gasteiger partial charge on any atom is -0.465 e. The van der Waals surface area contributed by atoms with Crippen LogP contribution in [0.15, 0.2) is 34.5 Å². The molecule has 0 bridgehead atoms. The van der Waals surface area contributed by atoms with E-state index in [1.807, 2.05) is 6.07 Å². The summed E-state index contributed by atoms with van der Waals surface area (Å²) in [4.78, 5) is 25.1. The predicted octanol–water partition coefficient (Wildman–Crippen LogP) is 3.06. The van der Waals surface area contributed by atoms with Crippen LogP contribution < -0.4 is 5.32 Å². The number of benzene rings is 1. The Labute approximate surface area is 180 Å². The molecule has 0 saturated carbocycles. The van der Waals surface area contributed by atoms with E-state index in [9.17, 15) is 18.0 Å². The number of aryl methyl sites for hydroxylation is 2. The molecule has 2 heterocycles. The first-order chi connectivity index (χ1) is 14.4. The van der Waals surface area contributed by atoms with Crippen molar-refractivity contribution >= 4 is 38.9 Å². The van der Waals surface area contributed by atoms with E-state index in [1.54, 1.807) is 23.6 Å². The van der Waals surface area contributed by atoms with Crippen molar-refractivity contribution in [3.63, 3.8) is 0 Å². The summed E-state index contributed by atoms with van der Waals surface area (Å²) >= 11 is 1.20. The third kappa shape index (κ3) is 4.01. The Balaban J connectivity index is 1.39. The topological polar surface area (TPSA) is 92.8 Å². The van der Waals surface area contributed by atoms with Crippen molar-refractivity contribution < 1.29 is 22.7 Å². The molecule has 1 fully saturated rings. The number of fused-ring (bicyclic) bond motifs is 1. The minimum absolute atomic E-state index is 0.201. The molecule has 1 aliphatic heterocycles. The number of methoxy groups -OCH3 is 1. The first-order valence-corrected chi connectivity index (χ1v) is 12.3. The highest BCUT2D eigenvalue weighted by Crippen LogP contribution is 2.30. The van der Waals surface area contributed by atoms with Gasteiger partial charge in [0.15, 0.2) is 0 Å². The van der Waals surface area contributed by atoms with Gasteiger partial charge in [0.05, 0.1) is 17.7 Å². The highest BCUT2D eigenvalue weighted by molar-refractivity contribution is 7.89. The van der Waals surface area contributed by atoms with E-state index < -0.39 is 16.0 Å². The second-order valence-electron chi connectivity index (χ2n) is 7.61. The largest absolute Gasteiger partial charge is 0.465 e. The van der Waals surface area contributed by atoms with Gasteiger partial charge in [0, 0.05) is 19.0 Å². The molecule has 0 atom stereocenters. The lowest BCUT2D eigenvalue weighted by Gasteiger charge is -2.30. The van der Waals surface area contributed by atoms with Crippen LogP contribution in [0.5, 0.6) is 0 Å². The summed E-state index contributed by atoms with van der Waals surface area (Å²) in [5, 5.41) is 4.51. The van der Waals surface area contributed by atoms with Crippen LogP contribution in [0.4, 0.5) is 5.69 Å². The second-order valence-corrected chi connectivity index (χ2v) is 10.5. The van der Waals surface area contributed by atoms with Gasteiger partial charge in [-0.2, -0.15) is 4.31 Å². The molecule has 4 rings (SSSR count). The van der Waals surface area contributed by atoms with Gasteiger partial charge in [0.1, 0.15) is 4.88 Å². The molecule has 2 aromatic rings. The van der Waals surface area contributed by atoms with Crippen LogP contribution in [0, 0.1) is 5.92 Å². The normalized spacial score (nSPS) is 17.5. The number of sulfonamides is 1. The summed E-state index contributed by atoms with van der Waals surface area (Å²) in [6, 6.07) is 7.10. The Bertz CT molecular complexity index is 1070. The summed E-state index contributed by atoms with van der Waals surface area (Å²) < 4.78 is 32.3. The molecule has 1 saturated heterocycles. The summed E-state index contributed by atoms with van der Waals surface area (Å²) in [7, 11) is -2.27. The standard InChI is InChI=1S/C21H24N2O5S2/c1-28-21(25)19-18(9-12-29-19)22-20(24)15-7-10-23(11-8-15)30(26,27)17-6-5-14-3-2-4-16(14)13-17/h5-6,9,12-13,15H,2-4,7-8,10-11H2,1H3,(H,22,24). The first-order valence-electron chi connectivity index (χ1n) is 9.99. The van der Waals surface area contributed by atoms with Gasteiger partial charge in [-0.15, -0.1) is 11.3 Å². The summed E-state index contributed by atoms with van der Waals surface area (Å²) in [5.74, 6) is -0.995. The predicted molar refractivity (Wildman–Crippen MR) is 114 cm³/mol. The fraction of sp³-hybridized carbons (Fsp3) is 0.429. The molecular formula is C21H24N2O5S2. The number of hydrogen-bond donors (Lipinski definition) is 1. The molecule has 1 aliphatic carbocycles. The number of thiophene rings is 1. The SMILES string of the molecule is COC(=O)c1sccc1NC(=O)C1CCN(S(=O)(=O)c2ccc3c(c2)CCC3)CC1. The van der Waals surface area contributed by atoms with Gasteiger partial charge in [0.2, 0.25) is 15.9 Å². The number of rotatable bonds is 5. The van der Waals surface area contributed by atoms with Crippen LogP contribution in [0.1, 0.15) is 40.1 Å². The molecule has 0 radical (unpaired) electrons. The Morgan fingerprint density at radius 3 is 2.60 bits per heavy atom. The molecule has 7 nitrogen and oxygen atoms in total. The maximum Gasteiger partial charge on any atom is 0.350 e. The van der Waals surface area contributed by atoms with Gasteiger partial charge in [-0.25, -0.2) is 13.2 Å². The number of piperidine rings is 1. The maximum atomic E-state index is 13.0. The van der Waals surface area contributed by atoms with Crippen molar-refractivity contribution in [2.45, 2.75) is 37.0 Å². The molecule has 2 aliphatic rings. The first kappa shape index (κ1) is 21.0. The Morgan fingerprint density at radius 2 is 1.87 bits per heavy atom. The van der Waals surface area contributed by atoms with Crippen molar-refractivity contribution in [1.29, 1.82) is 0 Å². The fourth-order valence-electron chi connectivity index (χ4n) is 4.11. The molecule has 1 aromatic carbocycles. The van der Waals surface area contributed by atoms with Crippen LogP contribution >= 0.6 is 11.3 Å². The molecular weight excluding hydrogens is 424 g/mol. The van der Waals surface area contributed by atoms with E-state index in [1.165, 1.54) is 28.3 Å². The zero-order chi connectivity index (χ0) is 21.3. The monoisotopic (exact) mass is 448 g/mol. The molecule has 160 valence electrons. The minimum atomic E-state index is -3.56. The molecule has 1 N–H and O–H groups in total. The van der Waals surface area contributed by atoms with Crippen LogP contribution in [0.2, 0.25) is 0 Å². The second kappa shape index (κ2) is 8.49. The smallest absolute Gasteiger partial charge is 0.350 e. The lowest BCUT2D eigenvalue weighted by molar-refractivity contribution is -0.120. The number of esters is 1. The van der Waals surface area contributed by atoms with Crippen molar-refractivity contribution in [1.82, 2.24) is 4.31 Å². The number of nitrogens with one attached hydrogen (secondary N) is 1. The summed E-state index contributed by atoms with van der Waals surface area (Å²) in [6.45, 7) is 0.593. The van der Waals surface area contributed by atoms with E-state index in [2.05, 4.69) is 5.32 Å². The Morgan fingerprint density at radius 1 is 1.13 bits per heavy atom. The quantitative estimate of drug-likeness (QED) is 0.710. The van der Waals surface area contributed by atoms with E-state index in [0.717, 1.165) is 24.8 Å². The maximum absolute atomic E-state index is 13.0. The van der Waals surface area contributed by atoms with Crippen molar-refractivity contribution in [2.24, 2.45) is 5.92 Å². The number of nitrogens with zero attached hydrogens (tertiary/aromatic N) is 1. The van der Waals surface area contributed by atoms with E-state index in [4.69, 9.17) is 4.74 Å². The molecule has 30 heavy (non-hydrogen) atoms. The van der Waals surface area contributed by atoms with Crippen LogP contribution in [0.25, 0.3) is 0 Å². The van der Waals surface area contributed by atoms with Gasteiger partial charge >= 0.3 is 5.97 Å². The fourth-order valence-corrected chi connectivity index (χ4v) is 6.40. The molecule has 0 unspecified atom stereocenters. The lowest BCUT2D eigenvalue weighted by atomic mass is 9.97. The molecule has 1 amide bonds. The molecule has 0 spiro atoms. The number of carbonyl (C=O) groups excluding carboxylic acids is 2. The number of ether oxygens (including phenoxy) is 1. The average molecular weight is 449 g/mol. The zero-order valence-corrected chi connectivity index (χ0v) is 18.4. The average Bonchev–Trinajstić information content (AvgIpc) is 3.42. The molecule has 9 heteroatoms. The van der Waals surface area contributed by atoms with Gasteiger partial charge in [0.25, 0.3) is 0 Å². The van der Waals surface area contributed by atoms with E-state index >= 15 is 0 Å². The number of hydrogen-bond acceptors (Lipinski definition) is 6. The van der Waals surface area contributed by atoms with Gasteiger partial charge in [-0.05, 0) is 66.8 Å². The van der Waals surface area contributed by atoms with Crippen molar-refractivity contribution in [2.75, 3.05) is 25.5 Å². The van der Waals surface area contributed by atoms with Gasteiger partial charge in [-0.1, -0.05) is 6.07 Å². The third-order valence-electron chi connectivity index (χ3n) is 5.83. The number of carbonyl (C=O) groups is 2. The van der Waals surface area contributed by atoms with Gasteiger partial charge in [-0.3, -0.25) is 4.79 Å². The van der Waals surface area contributed by atoms with Crippen molar-refractivity contribution in [3.8, 4) is 0 Å². The van der Waals surface area contributed by atoms with Crippen LogP contribution in [-0.4, -0.2) is 44.8 Å². The highest BCUT2D eigenvalue weighted by atomic mass is 32.2. The lowest BCUT2D eigenvalue weighted by Crippen LogP contribution is -2.41. The number of anilines is 1. The summed E-state index contributed by atoms with van der Waals surface area (Å²) in [6.07, 6.45) is 3.89. The van der Waals surface area contributed by atoms with Crippen LogP contribution in [-0.2, 0) is 32.4 Å². The zero-order valence-electron chi connectivity index (χ0n) is 16.7. The van der Waals surface area contributed by atoms with Gasteiger partial charge < -0.3 is 10.1 Å². The van der Waals surface area contributed by atoms with Crippen molar-refractivity contribution in [3.05, 3.63) is 45.6 Å². The molecule has 1 aromatic heterocycles. The number of amides is 1. The van der Waals surface area contributed by atoms with E-state index in [-0.39, 0.29) is 11.8 Å². The summed E-state index contributed by atoms with van der Waals surface area (Å²) in [5.41, 5.74) is 2.80. The Kier molecular flexibility index (Phi) is 5.95. The van der Waals surface area contributed by atoms with Crippen LogP contribution in [0.3, 0.4) is 0 Å². The van der Waals surface area contributed by atoms with E-state index in [0.29, 0.717) is 41.4 Å². The highest BCUT2D eigenvalue weighted by Gasteiger charge is 2.33.